The van der Waals surface area contributed by atoms with Gasteiger partial charge in [-0.1, -0.05) is 26.7 Å². The van der Waals surface area contributed by atoms with Crippen molar-refractivity contribution in [2.75, 3.05) is 12.9 Å². The fourth-order valence-corrected chi connectivity index (χ4v) is 4.09. The SMILES string of the molecule is CCCC(CCC)S(=O)(=O)C[C@@H](NC(=O)OC)C(N)=O. The number of nitrogens with two attached hydrogens (primary N) is 1. The van der Waals surface area contributed by atoms with Gasteiger partial charge < -0.3 is 15.8 Å². The lowest BCUT2D eigenvalue weighted by Crippen LogP contribution is -2.49. The van der Waals surface area contributed by atoms with Crippen LogP contribution in [0.1, 0.15) is 39.5 Å². The molecule has 3 N–H and O–H groups in total. The number of rotatable bonds is 9. The minimum absolute atomic E-state index is 0.498. The maximum atomic E-state index is 12.3. The molecule has 0 radical (unpaired) electrons. The van der Waals surface area contributed by atoms with E-state index >= 15 is 0 Å². The highest BCUT2D eigenvalue weighted by molar-refractivity contribution is 7.92. The molecule has 0 rings (SSSR count). The van der Waals surface area contributed by atoms with E-state index < -0.39 is 38.9 Å². The molecule has 8 heteroatoms. The van der Waals surface area contributed by atoms with Crippen molar-refractivity contribution in [1.29, 1.82) is 0 Å². The second kappa shape index (κ2) is 8.78. The van der Waals surface area contributed by atoms with E-state index in [-0.39, 0.29) is 0 Å². The first-order valence-corrected chi connectivity index (χ1v) is 8.35. The van der Waals surface area contributed by atoms with Gasteiger partial charge in [0.1, 0.15) is 6.04 Å². The first-order valence-electron chi connectivity index (χ1n) is 6.63. The molecule has 0 saturated heterocycles. The van der Waals surface area contributed by atoms with Crippen molar-refractivity contribution < 1.29 is 22.7 Å². The summed E-state index contributed by atoms with van der Waals surface area (Å²) < 4.78 is 28.9. The van der Waals surface area contributed by atoms with Crippen molar-refractivity contribution in [2.45, 2.75) is 50.8 Å². The molecule has 0 unspecified atom stereocenters. The van der Waals surface area contributed by atoms with Gasteiger partial charge in [-0.3, -0.25) is 4.79 Å². The molecule has 0 heterocycles. The highest BCUT2D eigenvalue weighted by Gasteiger charge is 2.31. The van der Waals surface area contributed by atoms with E-state index in [2.05, 4.69) is 10.1 Å². The molecule has 0 aliphatic carbocycles. The summed E-state index contributed by atoms with van der Waals surface area (Å²) in [4.78, 5) is 22.4. The largest absolute Gasteiger partial charge is 0.453 e. The Morgan fingerprint density at radius 2 is 1.70 bits per heavy atom. The molecular weight excluding hydrogens is 284 g/mol. The van der Waals surface area contributed by atoms with Gasteiger partial charge in [0.15, 0.2) is 9.84 Å². The molecule has 0 bridgehead atoms. The highest BCUT2D eigenvalue weighted by Crippen LogP contribution is 2.16. The molecule has 0 saturated carbocycles. The van der Waals surface area contributed by atoms with Crippen LogP contribution >= 0.6 is 0 Å². The van der Waals surface area contributed by atoms with Gasteiger partial charge in [-0.25, -0.2) is 13.2 Å². The van der Waals surface area contributed by atoms with Crippen LogP contribution in [0.2, 0.25) is 0 Å². The third-order valence-electron chi connectivity index (χ3n) is 2.95. The Bertz CT molecular complexity index is 416. The summed E-state index contributed by atoms with van der Waals surface area (Å²) in [5.41, 5.74) is 5.12. The van der Waals surface area contributed by atoms with Crippen molar-refractivity contribution >= 4 is 21.8 Å². The Balaban J connectivity index is 4.97. The van der Waals surface area contributed by atoms with Crippen LogP contribution in [-0.4, -0.2) is 44.6 Å². The molecule has 2 amide bonds. The fourth-order valence-electron chi connectivity index (χ4n) is 1.91. The smallest absolute Gasteiger partial charge is 0.407 e. The Morgan fingerprint density at radius 1 is 1.20 bits per heavy atom. The van der Waals surface area contributed by atoms with E-state index in [1.54, 1.807) is 0 Å². The van der Waals surface area contributed by atoms with Crippen molar-refractivity contribution in [3.05, 3.63) is 0 Å². The van der Waals surface area contributed by atoms with Crippen LogP contribution < -0.4 is 11.1 Å². The molecule has 0 aromatic rings. The van der Waals surface area contributed by atoms with E-state index in [0.29, 0.717) is 12.8 Å². The van der Waals surface area contributed by atoms with Gasteiger partial charge in [-0.2, -0.15) is 0 Å². The maximum Gasteiger partial charge on any atom is 0.407 e. The number of carbonyl (C=O) groups is 2. The normalized spacial score (nSPS) is 13.0. The van der Waals surface area contributed by atoms with Gasteiger partial charge in [0, 0.05) is 0 Å². The number of nitrogens with one attached hydrogen (secondary N) is 1. The van der Waals surface area contributed by atoms with E-state index in [4.69, 9.17) is 5.73 Å². The van der Waals surface area contributed by atoms with Crippen LogP contribution in [-0.2, 0) is 19.4 Å². The van der Waals surface area contributed by atoms with E-state index in [1.165, 1.54) is 0 Å². The zero-order chi connectivity index (χ0) is 15.8. The average Bonchev–Trinajstić information content (AvgIpc) is 2.37. The first kappa shape index (κ1) is 18.7. The van der Waals surface area contributed by atoms with Gasteiger partial charge in [-0.15, -0.1) is 0 Å². The summed E-state index contributed by atoms with van der Waals surface area (Å²) >= 11 is 0. The summed E-state index contributed by atoms with van der Waals surface area (Å²) in [6.45, 7) is 3.80. The Morgan fingerprint density at radius 3 is 2.05 bits per heavy atom. The summed E-state index contributed by atoms with van der Waals surface area (Å²) in [5, 5.41) is 1.63. The lowest BCUT2D eigenvalue weighted by Gasteiger charge is -2.20. The summed E-state index contributed by atoms with van der Waals surface area (Å²) in [7, 11) is -2.39. The Labute approximate surface area is 120 Å². The van der Waals surface area contributed by atoms with Gasteiger partial charge >= 0.3 is 6.09 Å². The van der Waals surface area contributed by atoms with Gasteiger partial charge in [-0.05, 0) is 12.8 Å². The van der Waals surface area contributed by atoms with Gasteiger partial charge in [0.25, 0.3) is 0 Å². The molecule has 20 heavy (non-hydrogen) atoms. The predicted molar refractivity (Wildman–Crippen MR) is 75.9 cm³/mol. The van der Waals surface area contributed by atoms with Crippen LogP contribution in [0.15, 0.2) is 0 Å². The maximum absolute atomic E-state index is 12.3. The van der Waals surface area contributed by atoms with Crippen LogP contribution in [0.4, 0.5) is 4.79 Å². The van der Waals surface area contributed by atoms with Gasteiger partial charge in [0.2, 0.25) is 5.91 Å². The first-order chi connectivity index (χ1) is 9.28. The third kappa shape index (κ3) is 6.23. The Kier molecular flexibility index (Phi) is 8.21. The molecule has 0 aliphatic rings. The predicted octanol–water partition coefficient (Wildman–Crippen LogP) is 0.580. The molecule has 118 valence electrons. The molecule has 1 atom stereocenters. The molecule has 0 aromatic carbocycles. The number of carbonyl (C=O) groups excluding carboxylic acids is 2. The molecular formula is C12H24N2O5S. The second-order valence-electron chi connectivity index (χ2n) is 4.62. The average molecular weight is 308 g/mol. The van der Waals surface area contributed by atoms with Gasteiger partial charge in [0.05, 0.1) is 18.1 Å². The standard InChI is InChI=1S/C12H24N2O5S/c1-4-6-9(7-5-2)20(17,18)8-10(11(13)15)14-12(16)19-3/h9-10H,4-8H2,1-3H3,(H2,13,15)(H,14,16)/t10-/m1/s1. The number of hydrogen-bond acceptors (Lipinski definition) is 5. The topological polar surface area (TPSA) is 116 Å². The van der Waals surface area contributed by atoms with Crippen molar-refractivity contribution in [2.24, 2.45) is 5.73 Å². The van der Waals surface area contributed by atoms with E-state index in [0.717, 1.165) is 20.0 Å². The molecule has 0 aliphatic heterocycles. The molecule has 0 aromatic heterocycles. The fraction of sp³-hybridized carbons (Fsp3) is 0.833. The summed E-state index contributed by atoms with van der Waals surface area (Å²) in [6, 6.07) is -1.27. The zero-order valence-corrected chi connectivity index (χ0v) is 13.0. The highest BCUT2D eigenvalue weighted by atomic mass is 32.2. The summed E-state index contributed by atoms with van der Waals surface area (Å²) in [6.07, 6.45) is 1.64. The van der Waals surface area contributed by atoms with E-state index in [9.17, 15) is 18.0 Å². The lowest BCUT2D eigenvalue weighted by molar-refractivity contribution is -0.119. The number of hydrogen-bond donors (Lipinski definition) is 2. The number of primary amides is 1. The molecule has 0 spiro atoms. The number of alkyl carbamates (subject to hydrolysis) is 1. The monoisotopic (exact) mass is 308 g/mol. The Hall–Kier alpha value is -1.31. The van der Waals surface area contributed by atoms with Crippen LogP contribution in [0.5, 0.6) is 0 Å². The zero-order valence-electron chi connectivity index (χ0n) is 12.2. The second-order valence-corrected chi connectivity index (χ2v) is 6.95. The van der Waals surface area contributed by atoms with Crippen LogP contribution in [0.3, 0.4) is 0 Å². The molecule has 7 nitrogen and oxygen atoms in total. The lowest BCUT2D eigenvalue weighted by atomic mass is 10.2. The summed E-state index contributed by atoms with van der Waals surface area (Å²) in [5.74, 6) is -1.40. The number of sulfone groups is 1. The number of amides is 2. The van der Waals surface area contributed by atoms with E-state index in [1.807, 2.05) is 13.8 Å². The minimum atomic E-state index is -3.52. The van der Waals surface area contributed by atoms with Crippen LogP contribution in [0, 0.1) is 0 Å². The molecule has 0 fully saturated rings. The number of methoxy groups -OCH3 is 1. The van der Waals surface area contributed by atoms with Crippen molar-refractivity contribution in [1.82, 2.24) is 5.32 Å². The quantitative estimate of drug-likeness (QED) is 0.646. The third-order valence-corrected chi connectivity index (χ3v) is 5.23. The number of ether oxygens (including phenoxy) is 1. The van der Waals surface area contributed by atoms with Crippen LogP contribution in [0.25, 0.3) is 0 Å². The minimum Gasteiger partial charge on any atom is -0.453 e. The van der Waals surface area contributed by atoms with Crippen molar-refractivity contribution in [3.63, 3.8) is 0 Å². The van der Waals surface area contributed by atoms with Crippen molar-refractivity contribution in [3.8, 4) is 0 Å².